The van der Waals surface area contributed by atoms with Crippen LogP contribution in [0.4, 0.5) is 0 Å². The first-order valence-electron chi connectivity index (χ1n) is 4.64. The molecule has 0 fully saturated rings. The van der Waals surface area contributed by atoms with E-state index in [1.807, 2.05) is 0 Å². The number of aryl methyl sites for hydroxylation is 2. The van der Waals surface area contributed by atoms with Crippen molar-refractivity contribution in [1.82, 2.24) is 24.5 Å². The second-order valence-corrected chi connectivity index (χ2v) is 4.25. The summed E-state index contributed by atoms with van der Waals surface area (Å²) in [7, 11) is 1.78. The topological polar surface area (TPSA) is 65.6 Å². The van der Waals surface area contributed by atoms with E-state index in [1.54, 1.807) is 24.9 Å². The van der Waals surface area contributed by atoms with Crippen LogP contribution in [0.25, 0.3) is 0 Å². The summed E-state index contributed by atoms with van der Waals surface area (Å²) < 4.78 is 3.57. The zero-order valence-corrected chi connectivity index (χ0v) is 10.5. The largest absolute Gasteiger partial charge is 0.292 e. The smallest absolute Gasteiger partial charge is 0.268 e. The average Bonchev–Trinajstić information content (AvgIpc) is 2.65. The maximum Gasteiger partial charge on any atom is 0.268 e. The molecule has 2 rings (SSSR count). The molecular weight excluding hydrogens is 274 g/mol. The van der Waals surface area contributed by atoms with Gasteiger partial charge >= 0.3 is 0 Å². The van der Waals surface area contributed by atoms with Crippen molar-refractivity contribution in [2.75, 3.05) is 0 Å². The molecule has 0 aliphatic heterocycles. The van der Waals surface area contributed by atoms with E-state index in [0.29, 0.717) is 16.7 Å². The van der Waals surface area contributed by atoms with E-state index in [2.05, 4.69) is 31.2 Å². The molecule has 16 heavy (non-hydrogen) atoms. The third-order valence-corrected chi connectivity index (χ3v) is 3.05. The van der Waals surface area contributed by atoms with Gasteiger partial charge in [-0.15, -0.1) is 5.10 Å². The Hall–Kier alpha value is -1.50. The van der Waals surface area contributed by atoms with Crippen molar-refractivity contribution < 1.29 is 0 Å². The minimum Gasteiger partial charge on any atom is -0.292 e. The second kappa shape index (κ2) is 4.17. The van der Waals surface area contributed by atoms with Crippen molar-refractivity contribution in [3.8, 4) is 0 Å². The van der Waals surface area contributed by atoms with Crippen molar-refractivity contribution in [3.63, 3.8) is 0 Å². The Balaban J connectivity index is 2.36. The van der Waals surface area contributed by atoms with Crippen LogP contribution >= 0.6 is 15.9 Å². The summed E-state index contributed by atoms with van der Waals surface area (Å²) in [5.74, 6) is 0. The van der Waals surface area contributed by atoms with Gasteiger partial charge in [-0.2, -0.15) is 0 Å². The maximum absolute atomic E-state index is 11.8. The molecule has 7 heteroatoms. The quantitative estimate of drug-likeness (QED) is 0.805. The van der Waals surface area contributed by atoms with Crippen molar-refractivity contribution >= 4 is 15.9 Å². The predicted molar refractivity (Wildman–Crippen MR) is 61.0 cm³/mol. The summed E-state index contributed by atoms with van der Waals surface area (Å²) in [6.45, 7) is 2.15. The van der Waals surface area contributed by atoms with Gasteiger partial charge in [-0.05, 0) is 22.9 Å². The lowest BCUT2D eigenvalue weighted by Gasteiger charge is -2.03. The number of hydrogen-bond donors (Lipinski definition) is 0. The molecule has 2 aromatic rings. The van der Waals surface area contributed by atoms with Gasteiger partial charge in [0.05, 0.1) is 18.6 Å². The molecule has 0 atom stereocenters. The van der Waals surface area contributed by atoms with E-state index in [-0.39, 0.29) is 5.56 Å². The average molecular weight is 284 g/mol. The van der Waals surface area contributed by atoms with Crippen LogP contribution in [0.5, 0.6) is 0 Å². The van der Waals surface area contributed by atoms with Crippen LogP contribution in [0, 0.1) is 6.92 Å². The molecule has 2 heterocycles. The van der Waals surface area contributed by atoms with Gasteiger partial charge in [0.25, 0.3) is 5.56 Å². The SMILES string of the molecule is Cc1ncn(Cc2cn(C)nn2)c(=O)c1Br. The first-order valence-corrected chi connectivity index (χ1v) is 5.44. The molecular formula is C9H10BrN5O. The molecule has 0 saturated carbocycles. The van der Waals surface area contributed by atoms with E-state index >= 15 is 0 Å². The van der Waals surface area contributed by atoms with E-state index < -0.39 is 0 Å². The summed E-state index contributed by atoms with van der Waals surface area (Å²) in [5.41, 5.74) is 1.29. The highest BCUT2D eigenvalue weighted by Gasteiger charge is 2.07. The van der Waals surface area contributed by atoms with Crippen LogP contribution in [0.2, 0.25) is 0 Å². The number of halogens is 1. The fraction of sp³-hybridized carbons (Fsp3) is 0.333. The molecule has 0 saturated heterocycles. The van der Waals surface area contributed by atoms with Crippen molar-refractivity contribution in [2.45, 2.75) is 13.5 Å². The molecule has 0 spiro atoms. The lowest BCUT2D eigenvalue weighted by atomic mass is 10.4. The fourth-order valence-corrected chi connectivity index (χ4v) is 1.63. The Bertz CT molecular complexity index is 574. The third-order valence-electron chi connectivity index (χ3n) is 2.14. The molecule has 0 aliphatic rings. The molecule has 2 aromatic heterocycles. The first kappa shape index (κ1) is 11.0. The van der Waals surface area contributed by atoms with Crippen LogP contribution in [0.3, 0.4) is 0 Å². The van der Waals surface area contributed by atoms with Gasteiger partial charge in [-0.3, -0.25) is 14.0 Å². The minimum atomic E-state index is -0.113. The van der Waals surface area contributed by atoms with Crippen molar-refractivity contribution in [3.05, 3.63) is 38.7 Å². The van der Waals surface area contributed by atoms with Crippen LogP contribution in [-0.2, 0) is 13.6 Å². The third kappa shape index (κ3) is 2.04. The van der Waals surface area contributed by atoms with E-state index in [4.69, 9.17) is 0 Å². The molecule has 0 aromatic carbocycles. The van der Waals surface area contributed by atoms with Gasteiger partial charge in [0.1, 0.15) is 10.2 Å². The van der Waals surface area contributed by atoms with Crippen LogP contribution in [0.15, 0.2) is 21.8 Å². The Morgan fingerprint density at radius 2 is 2.25 bits per heavy atom. The molecule has 6 nitrogen and oxygen atoms in total. The lowest BCUT2D eigenvalue weighted by Crippen LogP contribution is -2.22. The number of nitrogens with zero attached hydrogens (tertiary/aromatic N) is 5. The number of rotatable bonds is 2. The zero-order valence-electron chi connectivity index (χ0n) is 8.88. The van der Waals surface area contributed by atoms with Crippen LogP contribution < -0.4 is 5.56 Å². The summed E-state index contributed by atoms with van der Waals surface area (Å²) in [6.07, 6.45) is 3.28. The molecule has 84 valence electrons. The summed E-state index contributed by atoms with van der Waals surface area (Å²) >= 11 is 3.21. The molecule has 0 aliphatic carbocycles. The Kier molecular flexibility index (Phi) is 2.86. The van der Waals surface area contributed by atoms with E-state index in [0.717, 1.165) is 5.69 Å². The van der Waals surface area contributed by atoms with Crippen molar-refractivity contribution in [2.24, 2.45) is 7.05 Å². The molecule has 0 radical (unpaired) electrons. The fourth-order valence-electron chi connectivity index (χ4n) is 1.30. The highest BCUT2D eigenvalue weighted by atomic mass is 79.9. The van der Waals surface area contributed by atoms with Crippen LogP contribution in [0.1, 0.15) is 11.4 Å². The van der Waals surface area contributed by atoms with Gasteiger partial charge in [0.15, 0.2) is 0 Å². The number of hydrogen-bond acceptors (Lipinski definition) is 4. The van der Waals surface area contributed by atoms with Crippen molar-refractivity contribution in [1.29, 1.82) is 0 Å². The van der Waals surface area contributed by atoms with E-state index in [1.165, 1.54) is 10.9 Å². The van der Waals surface area contributed by atoms with Gasteiger partial charge in [-0.1, -0.05) is 5.21 Å². The highest BCUT2D eigenvalue weighted by Crippen LogP contribution is 2.06. The van der Waals surface area contributed by atoms with Crippen LogP contribution in [-0.4, -0.2) is 24.5 Å². The van der Waals surface area contributed by atoms with Gasteiger partial charge in [0.2, 0.25) is 0 Å². The predicted octanol–water partition coefficient (Wildman–Crippen LogP) is 0.491. The van der Waals surface area contributed by atoms with Gasteiger partial charge in [0, 0.05) is 13.2 Å². The Labute approximate surface area is 100 Å². The summed E-state index contributed by atoms with van der Waals surface area (Å²) in [4.78, 5) is 15.9. The monoisotopic (exact) mass is 283 g/mol. The lowest BCUT2D eigenvalue weighted by molar-refractivity contribution is 0.695. The Morgan fingerprint density at radius 1 is 1.50 bits per heavy atom. The molecule has 0 bridgehead atoms. The normalized spacial score (nSPS) is 10.7. The zero-order chi connectivity index (χ0) is 11.7. The second-order valence-electron chi connectivity index (χ2n) is 3.46. The van der Waals surface area contributed by atoms with E-state index in [9.17, 15) is 4.79 Å². The summed E-state index contributed by atoms with van der Waals surface area (Å²) in [6, 6.07) is 0. The molecule has 0 N–H and O–H groups in total. The standard InChI is InChI=1S/C9H10BrN5O/c1-6-8(10)9(16)15(5-11-6)4-7-3-14(2)13-12-7/h3,5H,4H2,1-2H3. The van der Waals surface area contributed by atoms with Gasteiger partial charge < -0.3 is 0 Å². The Morgan fingerprint density at radius 3 is 2.88 bits per heavy atom. The molecule has 0 amide bonds. The first-order chi connectivity index (χ1) is 7.58. The minimum absolute atomic E-state index is 0.113. The number of aromatic nitrogens is 5. The highest BCUT2D eigenvalue weighted by molar-refractivity contribution is 9.10. The van der Waals surface area contributed by atoms with Gasteiger partial charge in [-0.25, -0.2) is 4.98 Å². The summed E-state index contributed by atoms with van der Waals surface area (Å²) in [5, 5.41) is 7.72. The molecule has 0 unspecified atom stereocenters. The maximum atomic E-state index is 11.8.